The molecule has 0 aliphatic heterocycles. The van der Waals surface area contributed by atoms with Crippen molar-refractivity contribution in [3.8, 4) is 22.6 Å². The molecular weight excluding hydrogens is 562 g/mol. The molecule has 12 heteroatoms. The van der Waals surface area contributed by atoms with E-state index in [4.69, 9.17) is 16.3 Å². The number of rotatable bonds is 7. The molecule has 0 bridgehead atoms. The summed E-state index contributed by atoms with van der Waals surface area (Å²) in [5.41, 5.74) is 0.0821. The number of hydrogen-bond acceptors (Lipinski definition) is 6. The fourth-order valence-electron chi connectivity index (χ4n) is 4.27. The number of aromatic nitrogens is 3. The van der Waals surface area contributed by atoms with Gasteiger partial charge < -0.3 is 4.74 Å². The summed E-state index contributed by atoms with van der Waals surface area (Å²) in [6.45, 7) is 1.85. The van der Waals surface area contributed by atoms with Crippen LogP contribution in [0, 0.1) is 11.6 Å². The van der Waals surface area contributed by atoms with Crippen LogP contribution in [0.4, 0.5) is 14.6 Å². The van der Waals surface area contributed by atoms with E-state index in [2.05, 4.69) is 14.7 Å². The van der Waals surface area contributed by atoms with Gasteiger partial charge in [0.2, 0.25) is 0 Å². The molecule has 5 aromatic rings. The van der Waals surface area contributed by atoms with Gasteiger partial charge in [-0.2, -0.15) is 0 Å². The summed E-state index contributed by atoms with van der Waals surface area (Å²) in [6.07, 6.45) is 1.99. The Morgan fingerprint density at radius 1 is 1.02 bits per heavy atom. The number of aryl methyl sites for hydroxylation is 1. The van der Waals surface area contributed by atoms with Gasteiger partial charge in [-0.15, -0.1) is 0 Å². The van der Waals surface area contributed by atoms with Gasteiger partial charge in [-0.25, -0.2) is 27.2 Å². The van der Waals surface area contributed by atoms with Gasteiger partial charge >= 0.3 is 0 Å². The molecule has 0 unspecified atom stereocenters. The van der Waals surface area contributed by atoms with Crippen LogP contribution in [0.5, 0.6) is 5.75 Å². The van der Waals surface area contributed by atoms with Crippen LogP contribution in [0.3, 0.4) is 0 Å². The number of sulfonamides is 1. The van der Waals surface area contributed by atoms with Gasteiger partial charge in [-0.3, -0.25) is 14.1 Å². The lowest BCUT2D eigenvalue weighted by Crippen LogP contribution is -2.19. The number of nitrogens with one attached hydrogen (secondary N) is 1. The normalized spacial score (nSPS) is 11.5. The minimum Gasteiger partial charge on any atom is -0.495 e. The molecule has 0 amide bonds. The Morgan fingerprint density at radius 3 is 2.55 bits per heavy atom. The van der Waals surface area contributed by atoms with E-state index in [0.717, 1.165) is 18.2 Å². The van der Waals surface area contributed by atoms with Crippen molar-refractivity contribution in [1.82, 2.24) is 14.5 Å². The maximum atomic E-state index is 15.4. The highest BCUT2D eigenvalue weighted by Crippen LogP contribution is 2.35. The molecule has 0 aliphatic rings. The van der Waals surface area contributed by atoms with E-state index in [1.807, 2.05) is 6.92 Å². The second-order valence-corrected chi connectivity index (χ2v) is 10.8. The molecule has 5 rings (SSSR count). The molecule has 0 atom stereocenters. The Bertz CT molecular complexity index is 1930. The number of anilines is 1. The van der Waals surface area contributed by atoms with Gasteiger partial charge in [-0.05, 0) is 60.2 Å². The Labute approximate surface area is 232 Å². The van der Waals surface area contributed by atoms with Crippen molar-refractivity contribution in [2.24, 2.45) is 0 Å². The average molecular weight is 583 g/mol. The lowest BCUT2D eigenvalue weighted by Gasteiger charge is -2.17. The van der Waals surface area contributed by atoms with Gasteiger partial charge in [0.25, 0.3) is 15.6 Å². The van der Waals surface area contributed by atoms with Crippen molar-refractivity contribution >= 4 is 38.3 Å². The van der Waals surface area contributed by atoms with E-state index >= 15 is 4.39 Å². The number of hydrogen-bond donors (Lipinski definition) is 1. The van der Waals surface area contributed by atoms with E-state index in [9.17, 15) is 17.6 Å². The third kappa shape index (κ3) is 5.25. The number of halogens is 3. The van der Waals surface area contributed by atoms with E-state index in [0.29, 0.717) is 23.1 Å². The van der Waals surface area contributed by atoms with Crippen molar-refractivity contribution in [3.05, 3.63) is 106 Å². The van der Waals surface area contributed by atoms with Crippen LogP contribution in [0.15, 0.2) is 82.6 Å². The fourth-order valence-corrected chi connectivity index (χ4v) is 5.53. The summed E-state index contributed by atoms with van der Waals surface area (Å²) >= 11 is 5.95. The Morgan fingerprint density at radius 2 is 1.82 bits per heavy atom. The number of ether oxygens (including phenoxy) is 1. The smallest absolute Gasteiger partial charge is 0.263 e. The molecule has 1 N–H and O–H groups in total. The summed E-state index contributed by atoms with van der Waals surface area (Å²) in [4.78, 5) is 21.2. The minimum atomic E-state index is -4.03. The average Bonchev–Trinajstić information content (AvgIpc) is 2.92. The minimum absolute atomic E-state index is 0.0192. The van der Waals surface area contributed by atoms with E-state index < -0.39 is 27.2 Å². The van der Waals surface area contributed by atoms with Crippen LogP contribution in [-0.2, 0) is 16.4 Å². The first-order valence-electron chi connectivity index (χ1n) is 11.9. The van der Waals surface area contributed by atoms with Crippen molar-refractivity contribution in [1.29, 1.82) is 0 Å². The van der Waals surface area contributed by atoms with E-state index in [1.54, 1.807) is 0 Å². The predicted molar refractivity (Wildman–Crippen MR) is 149 cm³/mol. The number of pyridine rings is 1. The van der Waals surface area contributed by atoms with Crippen LogP contribution in [-0.4, -0.2) is 30.1 Å². The van der Waals surface area contributed by atoms with Crippen molar-refractivity contribution in [2.45, 2.75) is 18.2 Å². The topological polar surface area (TPSA) is 103 Å². The van der Waals surface area contributed by atoms with Gasteiger partial charge in [0.15, 0.2) is 0 Å². The third-order valence-electron chi connectivity index (χ3n) is 6.12. The molecule has 0 saturated carbocycles. The highest BCUT2D eigenvalue weighted by atomic mass is 35.5. The first-order valence-corrected chi connectivity index (χ1v) is 13.8. The maximum Gasteiger partial charge on any atom is 0.263 e. The predicted octanol–water partition coefficient (Wildman–Crippen LogP) is 5.75. The van der Waals surface area contributed by atoms with Gasteiger partial charge in [0, 0.05) is 40.7 Å². The molecule has 0 fully saturated rings. The zero-order chi connectivity index (χ0) is 28.6. The summed E-state index contributed by atoms with van der Waals surface area (Å²) in [6, 6.07) is 14.4. The Balaban J connectivity index is 1.61. The van der Waals surface area contributed by atoms with Gasteiger partial charge in [-0.1, -0.05) is 18.5 Å². The molecule has 8 nitrogen and oxygen atoms in total. The van der Waals surface area contributed by atoms with Gasteiger partial charge in [0.05, 0.1) is 23.2 Å². The zero-order valence-corrected chi connectivity index (χ0v) is 22.7. The first kappa shape index (κ1) is 27.2. The molecule has 204 valence electrons. The number of benzene rings is 3. The quantitative estimate of drug-likeness (QED) is 0.262. The van der Waals surface area contributed by atoms with Crippen molar-refractivity contribution in [2.75, 3.05) is 11.8 Å². The molecule has 0 saturated heterocycles. The lowest BCUT2D eigenvalue weighted by atomic mass is 10.0. The second-order valence-electron chi connectivity index (χ2n) is 8.71. The SMILES string of the molecule is CCc1nccc(NS(=O)(=O)c2ccc3c(ccc(=O)n3-c3cc(F)c(-c4cc(F)cc(Cl)c4)cc3OC)c2)n1. The summed E-state index contributed by atoms with van der Waals surface area (Å²) in [5, 5.41) is 0.483. The number of methoxy groups -OCH3 is 1. The summed E-state index contributed by atoms with van der Waals surface area (Å²) in [7, 11) is -2.68. The standard InChI is InChI=1S/C28H21ClF2N4O4S/c1-3-26-32-9-8-27(33-26)34-40(37,38)20-5-6-23-16(12-20)4-7-28(36)35(23)24-15-22(31)21(14-25(24)39-2)17-10-18(29)13-19(30)11-17/h4-15H,3H2,1-2H3,(H,32,33,34). The fraction of sp³-hybridized carbons (Fsp3) is 0.107. The van der Waals surface area contributed by atoms with Crippen LogP contribution < -0.4 is 15.0 Å². The molecule has 0 aliphatic carbocycles. The first-order chi connectivity index (χ1) is 19.1. The summed E-state index contributed by atoms with van der Waals surface area (Å²) in [5.74, 6) is -0.658. The van der Waals surface area contributed by atoms with Crippen LogP contribution >= 0.6 is 11.6 Å². The van der Waals surface area contributed by atoms with Crippen LogP contribution in [0.1, 0.15) is 12.7 Å². The molecule has 0 radical (unpaired) electrons. The summed E-state index contributed by atoms with van der Waals surface area (Å²) < 4.78 is 64.6. The van der Waals surface area contributed by atoms with E-state index in [1.165, 1.54) is 66.4 Å². The van der Waals surface area contributed by atoms with Crippen molar-refractivity contribution in [3.63, 3.8) is 0 Å². The molecule has 2 aromatic heterocycles. The monoisotopic (exact) mass is 582 g/mol. The van der Waals surface area contributed by atoms with Crippen LogP contribution in [0.2, 0.25) is 5.02 Å². The highest BCUT2D eigenvalue weighted by Gasteiger charge is 2.20. The van der Waals surface area contributed by atoms with Crippen molar-refractivity contribution < 1.29 is 21.9 Å². The zero-order valence-electron chi connectivity index (χ0n) is 21.2. The maximum absolute atomic E-state index is 15.4. The largest absolute Gasteiger partial charge is 0.495 e. The molecule has 40 heavy (non-hydrogen) atoms. The third-order valence-corrected chi connectivity index (χ3v) is 7.69. The molecule has 3 aromatic carbocycles. The second kappa shape index (κ2) is 10.7. The number of fused-ring (bicyclic) bond motifs is 1. The molecular formula is C28H21ClF2N4O4S. The Hall–Kier alpha value is -4.35. The molecule has 0 spiro atoms. The van der Waals surface area contributed by atoms with Crippen LogP contribution in [0.25, 0.3) is 27.7 Å². The lowest BCUT2D eigenvalue weighted by molar-refractivity contribution is 0.412. The number of nitrogens with zero attached hydrogens (tertiary/aromatic N) is 3. The van der Waals surface area contributed by atoms with E-state index in [-0.39, 0.29) is 38.3 Å². The Kier molecular flexibility index (Phi) is 7.26. The highest BCUT2D eigenvalue weighted by molar-refractivity contribution is 7.92. The molecule has 2 heterocycles. The van der Waals surface area contributed by atoms with Gasteiger partial charge in [0.1, 0.15) is 29.0 Å².